The van der Waals surface area contributed by atoms with Gasteiger partial charge in [-0.15, -0.1) is 6.42 Å². The number of benzene rings is 3. The monoisotopic (exact) mass is 658 g/mol. The Kier molecular flexibility index (Phi) is 9.63. The predicted molar refractivity (Wildman–Crippen MR) is 161 cm³/mol. The SMILES string of the molecule is C#C[C@@]1(c2ccccc2F)C[C@@H](CI)OC(N(Cc2ccc(OC)cc2OC)Cc2ccc(OC)cc2OC)=N1. The Labute approximate surface area is 248 Å². The van der Waals surface area contributed by atoms with Crippen LogP contribution in [0.1, 0.15) is 23.1 Å². The molecule has 1 heterocycles. The van der Waals surface area contributed by atoms with E-state index in [2.05, 4.69) is 28.5 Å². The topological polar surface area (TPSA) is 61.8 Å². The van der Waals surface area contributed by atoms with E-state index in [4.69, 9.17) is 35.1 Å². The summed E-state index contributed by atoms with van der Waals surface area (Å²) in [5.74, 6) is 5.03. The molecule has 0 radical (unpaired) electrons. The first-order valence-corrected chi connectivity index (χ1v) is 14.1. The maximum atomic E-state index is 15.1. The molecule has 0 amide bonds. The van der Waals surface area contributed by atoms with E-state index in [0.29, 0.717) is 58.5 Å². The molecule has 2 atom stereocenters. The van der Waals surface area contributed by atoms with E-state index in [9.17, 15) is 0 Å². The van der Waals surface area contributed by atoms with Gasteiger partial charge in [0.15, 0.2) is 5.54 Å². The second-order valence-corrected chi connectivity index (χ2v) is 10.1. The van der Waals surface area contributed by atoms with Gasteiger partial charge in [0, 0.05) is 39.7 Å². The summed E-state index contributed by atoms with van der Waals surface area (Å²) in [5.41, 5.74) is 0.852. The number of hydrogen-bond donors (Lipinski definition) is 0. The zero-order chi connectivity index (χ0) is 28.7. The number of alkyl halides is 1. The summed E-state index contributed by atoms with van der Waals surface area (Å²) in [6.45, 7) is 0.708. The Morgan fingerprint density at radius 2 is 1.52 bits per heavy atom. The van der Waals surface area contributed by atoms with Gasteiger partial charge in [-0.1, -0.05) is 46.7 Å². The quantitative estimate of drug-likeness (QED) is 0.152. The molecule has 0 N–H and O–H groups in total. The molecule has 7 nitrogen and oxygen atoms in total. The number of terminal acetylenes is 1. The predicted octanol–water partition coefficient (Wildman–Crippen LogP) is 5.97. The minimum Gasteiger partial charge on any atom is -0.497 e. The van der Waals surface area contributed by atoms with Crippen molar-refractivity contribution in [3.63, 3.8) is 0 Å². The van der Waals surface area contributed by atoms with Crippen LogP contribution in [0.5, 0.6) is 23.0 Å². The van der Waals surface area contributed by atoms with E-state index in [1.165, 1.54) is 6.07 Å². The van der Waals surface area contributed by atoms with Crippen LogP contribution in [0.3, 0.4) is 0 Å². The van der Waals surface area contributed by atoms with Crippen molar-refractivity contribution in [2.24, 2.45) is 4.99 Å². The highest BCUT2D eigenvalue weighted by Gasteiger charge is 2.41. The average Bonchev–Trinajstić information content (AvgIpc) is 3.00. The first kappa shape index (κ1) is 29.3. The van der Waals surface area contributed by atoms with Gasteiger partial charge in [-0.3, -0.25) is 0 Å². The Morgan fingerprint density at radius 1 is 0.950 bits per heavy atom. The maximum Gasteiger partial charge on any atom is 0.290 e. The third-order valence-corrected chi connectivity index (χ3v) is 7.78. The van der Waals surface area contributed by atoms with Crippen molar-refractivity contribution in [3.05, 3.63) is 83.2 Å². The number of amidine groups is 1. The molecule has 210 valence electrons. The molecule has 3 aromatic rings. The molecular formula is C31H32FIN2O5. The molecule has 0 saturated heterocycles. The summed E-state index contributed by atoms with van der Waals surface area (Å²) in [6.07, 6.45) is 6.17. The molecule has 0 unspecified atom stereocenters. The standard InChI is InChI=1S/C31H32FIN2O5/c1-6-31(26-9-7-8-10-27(26)32)17-25(18-33)40-30(34-31)35(19-21-11-13-23(36-2)15-28(21)38-4)20-22-12-14-24(37-3)16-29(22)39-5/h1,7-16,25H,17-20H2,2-5H3/t25-,31-/m0/s1. The van der Waals surface area contributed by atoms with E-state index in [1.54, 1.807) is 46.6 Å². The van der Waals surface area contributed by atoms with Gasteiger partial charge < -0.3 is 28.6 Å². The molecule has 0 bridgehead atoms. The second-order valence-electron chi connectivity index (χ2n) is 9.19. The highest BCUT2D eigenvalue weighted by molar-refractivity contribution is 14.1. The lowest BCUT2D eigenvalue weighted by molar-refractivity contribution is 0.113. The summed E-state index contributed by atoms with van der Waals surface area (Å²) in [7, 11) is 6.43. The number of rotatable bonds is 10. The Balaban J connectivity index is 1.85. The number of ether oxygens (including phenoxy) is 5. The number of hydrogen-bond acceptors (Lipinski definition) is 7. The van der Waals surface area contributed by atoms with Crippen molar-refractivity contribution in [3.8, 4) is 35.3 Å². The van der Waals surface area contributed by atoms with Crippen LogP contribution in [-0.4, -0.2) is 49.9 Å². The molecule has 3 aromatic carbocycles. The van der Waals surface area contributed by atoms with Crippen molar-refractivity contribution >= 4 is 28.6 Å². The van der Waals surface area contributed by atoms with Gasteiger partial charge in [0.1, 0.15) is 34.9 Å². The molecule has 0 aliphatic carbocycles. The molecule has 4 rings (SSSR count). The molecule has 1 aliphatic heterocycles. The molecule has 9 heteroatoms. The van der Waals surface area contributed by atoms with Crippen molar-refractivity contribution in [2.45, 2.75) is 31.2 Å². The van der Waals surface area contributed by atoms with Gasteiger partial charge in [-0.2, -0.15) is 0 Å². The third kappa shape index (κ3) is 6.22. The van der Waals surface area contributed by atoms with Gasteiger partial charge in [-0.05, 0) is 30.3 Å². The minimum atomic E-state index is -1.24. The highest BCUT2D eigenvalue weighted by Crippen LogP contribution is 2.38. The molecule has 0 fully saturated rings. The molecule has 0 saturated carbocycles. The van der Waals surface area contributed by atoms with Crippen LogP contribution in [0.15, 0.2) is 65.7 Å². The largest absolute Gasteiger partial charge is 0.497 e. The van der Waals surface area contributed by atoms with Crippen LogP contribution < -0.4 is 18.9 Å². The molecule has 0 aromatic heterocycles. The lowest BCUT2D eigenvalue weighted by Crippen LogP contribution is -2.44. The molecular weight excluding hydrogens is 626 g/mol. The smallest absolute Gasteiger partial charge is 0.290 e. The lowest BCUT2D eigenvalue weighted by Gasteiger charge is -2.38. The summed E-state index contributed by atoms with van der Waals surface area (Å²) >= 11 is 2.26. The summed E-state index contributed by atoms with van der Waals surface area (Å²) in [4.78, 5) is 6.90. The van der Waals surface area contributed by atoms with Crippen LogP contribution in [-0.2, 0) is 23.4 Å². The zero-order valence-corrected chi connectivity index (χ0v) is 25.1. The lowest BCUT2D eigenvalue weighted by atomic mass is 9.85. The number of aliphatic imine (C=N–C) groups is 1. The van der Waals surface area contributed by atoms with E-state index < -0.39 is 11.4 Å². The van der Waals surface area contributed by atoms with Crippen molar-refractivity contribution in [1.29, 1.82) is 0 Å². The van der Waals surface area contributed by atoms with Gasteiger partial charge in [0.2, 0.25) is 0 Å². The van der Waals surface area contributed by atoms with Crippen LogP contribution >= 0.6 is 22.6 Å². The molecule has 1 aliphatic rings. The van der Waals surface area contributed by atoms with E-state index in [0.717, 1.165) is 11.1 Å². The Bertz CT molecular complexity index is 1350. The number of nitrogens with zero attached hydrogens (tertiary/aromatic N) is 2. The number of methoxy groups -OCH3 is 4. The average molecular weight is 659 g/mol. The fraction of sp³-hybridized carbons (Fsp3) is 0.323. The minimum absolute atomic E-state index is 0.290. The van der Waals surface area contributed by atoms with Crippen molar-refractivity contribution < 1.29 is 28.1 Å². The van der Waals surface area contributed by atoms with E-state index >= 15 is 4.39 Å². The fourth-order valence-corrected chi connectivity index (χ4v) is 5.18. The van der Waals surface area contributed by atoms with Gasteiger partial charge in [0.25, 0.3) is 6.02 Å². The summed E-state index contributed by atoms with van der Waals surface area (Å²) < 4.78 is 44.3. The van der Waals surface area contributed by atoms with E-state index in [1.807, 2.05) is 41.3 Å². The van der Waals surface area contributed by atoms with Gasteiger partial charge in [0.05, 0.1) is 41.5 Å². The Hall–Kier alpha value is -3.65. The van der Waals surface area contributed by atoms with E-state index in [-0.39, 0.29) is 6.10 Å². The van der Waals surface area contributed by atoms with Crippen LogP contribution in [0.4, 0.5) is 4.39 Å². The zero-order valence-electron chi connectivity index (χ0n) is 22.9. The maximum absolute atomic E-state index is 15.1. The first-order chi connectivity index (χ1) is 19.4. The van der Waals surface area contributed by atoms with Gasteiger partial charge in [-0.25, -0.2) is 9.38 Å². The first-order valence-electron chi connectivity index (χ1n) is 12.6. The molecule has 0 spiro atoms. The molecule has 40 heavy (non-hydrogen) atoms. The summed E-state index contributed by atoms with van der Waals surface area (Å²) in [6, 6.07) is 18.1. The Morgan fingerprint density at radius 3 is 2.00 bits per heavy atom. The third-order valence-electron chi connectivity index (χ3n) is 6.79. The van der Waals surface area contributed by atoms with Crippen LogP contribution in [0.25, 0.3) is 0 Å². The van der Waals surface area contributed by atoms with Gasteiger partial charge >= 0.3 is 0 Å². The van der Waals surface area contributed by atoms with Crippen LogP contribution in [0, 0.1) is 18.2 Å². The van der Waals surface area contributed by atoms with Crippen molar-refractivity contribution in [2.75, 3.05) is 32.9 Å². The second kappa shape index (κ2) is 13.1. The van der Waals surface area contributed by atoms with Crippen molar-refractivity contribution in [1.82, 2.24) is 4.90 Å². The van der Waals surface area contributed by atoms with Crippen LogP contribution in [0.2, 0.25) is 0 Å². The highest BCUT2D eigenvalue weighted by atomic mass is 127. The summed E-state index contributed by atoms with van der Waals surface area (Å²) in [5, 5.41) is 0. The normalized spacial score (nSPS) is 18.1. The fourth-order valence-electron chi connectivity index (χ4n) is 4.69. The number of halogens is 2.